The SMILES string of the molecule is CNCc1cc(F)c(C)c(S(=O)(=O)N2CCCC2C)c1. The Balaban J connectivity index is 2.50. The lowest BCUT2D eigenvalue weighted by Crippen LogP contribution is -2.34. The molecule has 0 bridgehead atoms. The van der Waals surface area contributed by atoms with Crippen LogP contribution in [0, 0.1) is 12.7 Å². The Hall–Kier alpha value is -0.980. The molecular formula is C14H21FN2O2S. The smallest absolute Gasteiger partial charge is 0.243 e. The highest BCUT2D eigenvalue weighted by atomic mass is 32.2. The van der Waals surface area contributed by atoms with E-state index >= 15 is 0 Å². The molecule has 0 saturated carbocycles. The van der Waals surface area contributed by atoms with Crippen molar-refractivity contribution < 1.29 is 12.8 Å². The molecule has 1 unspecified atom stereocenters. The van der Waals surface area contributed by atoms with Crippen molar-refractivity contribution in [3.05, 3.63) is 29.1 Å². The van der Waals surface area contributed by atoms with Crippen LogP contribution in [-0.4, -0.2) is 32.4 Å². The van der Waals surface area contributed by atoms with Crippen molar-refractivity contribution in [2.45, 2.75) is 44.2 Å². The third kappa shape index (κ3) is 2.73. The zero-order chi connectivity index (χ0) is 14.9. The molecule has 1 aliphatic heterocycles. The van der Waals surface area contributed by atoms with Crippen molar-refractivity contribution in [3.63, 3.8) is 0 Å². The van der Waals surface area contributed by atoms with E-state index in [-0.39, 0.29) is 16.5 Å². The summed E-state index contributed by atoms with van der Waals surface area (Å²) >= 11 is 0. The lowest BCUT2D eigenvalue weighted by atomic mass is 10.1. The number of halogens is 1. The summed E-state index contributed by atoms with van der Waals surface area (Å²) in [5.74, 6) is -0.469. The van der Waals surface area contributed by atoms with Crippen LogP contribution >= 0.6 is 0 Å². The first-order valence-electron chi connectivity index (χ1n) is 6.83. The highest BCUT2D eigenvalue weighted by molar-refractivity contribution is 7.89. The van der Waals surface area contributed by atoms with Gasteiger partial charge in [-0.3, -0.25) is 0 Å². The molecule has 1 aromatic carbocycles. The number of sulfonamides is 1. The van der Waals surface area contributed by atoms with E-state index in [0.717, 1.165) is 12.8 Å². The molecule has 112 valence electrons. The summed E-state index contributed by atoms with van der Waals surface area (Å²) in [6.07, 6.45) is 1.72. The second kappa shape index (κ2) is 5.79. The van der Waals surface area contributed by atoms with Crippen molar-refractivity contribution in [2.75, 3.05) is 13.6 Å². The van der Waals surface area contributed by atoms with Gasteiger partial charge in [-0.1, -0.05) is 0 Å². The fourth-order valence-electron chi connectivity index (χ4n) is 2.67. The fraction of sp³-hybridized carbons (Fsp3) is 0.571. The summed E-state index contributed by atoms with van der Waals surface area (Å²) in [5, 5.41) is 2.91. The number of hydrogen-bond acceptors (Lipinski definition) is 3. The molecule has 6 heteroatoms. The zero-order valence-corrected chi connectivity index (χ0v) is 12.9. The highest BCUT2D eigenvalue weighted by Gasteiger charge is 2.34. The van der Waals surface area contributed by atoms with Gasteiger partial charge in [0.05, 0.1) is 4.90 Å². The maximum absolute atomic E-state index is 14.0. The second-order valence-electron chi connectivity index (χ2n) is 5.34. The van der Waals surface area contributed by atoms with Gasteiger partial charge in [0.15, 0.2) is 0 Å². The van der Waals surface area contributed by atoms with Crippen LogP contribution in [0.15, 0.2) is 17.0 Å². The standard InChI is InChI=1S/C14H21FN2O2S/c1-10-5-4-6-17(10)20(18,19)14-8-12(9-16-3)7-13(15)11(14)2/h7-8,10,16H,4-6,9H2,1-3H3. The molecule has 0 aromatic heterocycles. The number of nitrogens with zero attached hydrogens (tertiary/aromatic N) is 1. The van der Waals surface area contributed by atoms with Gasteiger partial charge < -0.3 is 5.32 Å². The third-order valence-corrected chi connectivity index (χ3v) is 5.96. The highest BCUT2D eigenvalue weighted by Crippen LogP contribution is 2.29. The maximum atomic E-state index is 14.0. The summed E-state index contributed by atoms with van der Waals surface area (Å²) in [4.78, 5) is 0.0940. The summed E-state index contributed by atoms with van der Waals surface area (Å²) in [7, 11) is -1.87. The summed E-state index contributed by atoms with van der Waals surface area (Å²) in [6, 6.07) is 2.95. The third-order valence-electron chi connectivity index (χ3n) is 3.82. The normalized spacial score (nSPS) is 20.5. The van der Waals surface area contributed by atoms with Crippen LogP contribution in [0.2, 0.25) is 0 Å². The second-order valence-corrected chi connectivity index (χ2v) is 7.20. The minimum absolute atomic E-state index is 0.0181. The Kier molecular flexibility index (Phi) is 4.46. The molecule has 1 aromatic rings. The first-order valence-corrected chi connectivity index (χ1v) is 8.27. The molecule has 0 amide bonds. The number of benzene rings is 1. The molecular weight excluding hydrogens is 279 g/mol. The van der Waals surface area contributed by atoms with Crippen molar-refractivity contribution in [2.24, 2.45) is 0 Å². The average Bonchev–Trinajstić information content (AvgIpc) is 2.80. The predicted octanol–water partition coefficient (Wildman–Crippen LogP) is 2.03. The van der Waals surface area contributed by atoms with Crippen molar-refractivity contribution >= 4 is 10.0 Å². The van der Waals surface area contributed by atoms with E-state index in [1.165, 1.54) is 17.3 Å². The predicted molar refractivity (Wildman–Crippen MR) is 76.5 cm³/mol. The minimum Gasteiger partial charge on any atom is -0.316 e. The van der Waals surface area contributed by atoms with E-state index in [1.54, 1.807) is 13.1 Å². The van der Waals surface area contributed by atoms with Gasteiger partial charge in [0.2, 0.25) is 10.0 Å². The molecule has 1 aliphatic rings. The van der Waals surface area contributed by atoms with E-state index in [9.17, 15) is 12.8 Å². The summed E-state index contributed by atoms with van der Waals surface area (Å²) in [5.41, 5.74) is 0.838. The van der Waals surface area contributed by atoms with Crippen molar-refractivity contribution in [1.82, 2.24) is 9.62 Å². The minimum atomic E-state index is -3.62. The van der Waals surface area contributed by atoms with Gasteiger partial charge in [-0.25, -0.2) is 12.8 Å². The van der Waals surface area contributed by atoms with Crippen LogP contribution in [0.3, 0.4) is 0 Å². The molecule has 4 nitrogen and oxygen atoms in total. The van der Waals surface area contributed by atoms with Crippen molar-refractivity contribution in [1.29, 1.82) is 0 Å². The molecule has 0 radical (unpaired) electrons. The van der Waals surface area contributed by atoms with Crippen LogP contribution in [0.1, 0.15) is 30.9 Å². The number of nitrogens with one attached hydrogen (secondary N) is 1. The van der Waals surface area contributed by atoms with E-state index < -0.39 is 15.8 Å². The summed E-state index contributed by atoms with van der Waals surface area (Å²) < 4.78 is 40.9. The fourth-order valence-corrected chi connectivity index (χ4v) is 4.66. The van der Waals surface area contributed by atoms with Crippen LogP contribution in [0.4, 0.5) is 4.39 Å². The van der Waals surface area contributed by atoms with Crippen LogP contribution in [0.5, 0.6) is 0 Å². The van der Waals surface area contributed by atoms with Crippen LogP contribution < -0.4 is 5.32 Å². The molecule has 1 N–H and O–H groups in total. The largest absolute Gasteiger partial charge is 0.316 e. The van der Waals surface area contributed by atoms with E-state index in [0.29, 0.717) is 18.7 Å². The zero-order valence-electron chi connectivity index (χ0n) is 12.1. The van der Waals surface area contributed by atoms with Crippen LogP contribution in [-0.2, 0) is 16.6 Å². The van der Waals surface area contributed by atoms with Gasteiger partial charge in [0.1, 0.15) is 5.82 Å². The van der Waals surface area contributed by atoms with Gasteiger partial charge in [0, 0.05) is 24.7 Å². The number of hydrogen-bond donors (Lipinski definition) is 1. The molecule has 20 heavy (non-hydrogen) atoms. The first-order chi connectivity index (χ1) is 9.37. The quantitative estimate of drug-likeness (QED) is 0.925. The van der Waals surface area contributed by atoms with Gasteiger partial charge in [-0.05, 0) is 51.4 Å². The molecule has 1 atom stereocenters. The van der Waals surface area contributed by atoms with Gasteiger partial charge >= 0.3 is 0 Å². The Morgan fingerprint density at radius 3 is 2.70 bits per heavy atom. The van der Waals surface area contributed by atoms with Gasteiger partial charge in [0.25, 0.3) is 0 Å². The Bertz CT molecular complexity index is 601. The van der Waals surface area contributed by atoms with E-state index in [2.05, 4.69) is 5.32 Å². The average molecular weight is 300 g/mol. The summed E-state index contributed by atoms with van der Waals surface area (Å²) in [6.45, 7) is 4.37. The topological polar surface area (TPSA) is 49.4 Å². The molecule has 1 fully saturated rings. The molecule has 1 saturated heterocycles. The van der Waals surface area contributed by atoms with E-state index in [4.69, 9.17) is 0 Å². The Morgan fingerprint density at radius 1 is 1.45 bits per heavy atom. The number of rotatable bonds is 4. The van der Waals surface area contributed by atoms with Crippen LogP contribution in [0.25, 0.3) is 0 Å². The maximum Gasteiger partial charge on any atom is 0.243 e. The lowest BCUT2D eigenvalue weighted by molar-refractivity contribution is 0.407. The molecule has 0 spiro atoms. The van der Waals surface area contributed by atoms with Crippen molar-refractivity contribution in [3.8, 4) is 0 Å². The first kappa shape index (κ1) is 15.4. The molecule has 1 heterocycles. The van der Waals surface area contributed by atoms with Gasteiger partial charge in [-0.2, -0.15) is 4.31 Å². The van der Waals surface area contributed by atoms with Gasteiger partial charge in [-0.15, -0.1) is 0 Å². The lowest BCUT2D eigenvalue weighted by Gasteiger charge is -2.22. The monoisotopic (exact) mass is 300 g/mol. The molecule has 0 aliphatic carbocycles. The Labute approximate surface area is 120 Å². The van der Waals surface area contributed by atoms with E-state index in [1.807, 2.05) is 6.92 Å². The Morgan fingerprint density at radius 2 is 2.15 bits per heavy atom. The molecule has 2 rings (SSSR count).